The molecule has 0 radical (unpaired) electrons. The van der Waals surface area contributed by atoms with E-state index < -0.39 is 0 Å². The standard InChI is InChI=1S/C15H10N4OS/c1-3-11(4-2-10(1)13-5-7-20-19-13)18-14-12-6-8-21-15(12)17-9-16-14/h1-9H,(H,16,17,18). The first-order chi connectivity index (χ1) is 10.4. The minimum Gasteiger partial charge on any atom is -0.364 e. The topological polar surface area (TPSA) is 63.8 Å². The van der Waals surface area contributed by atoms with Gasteiger partial charge in [-0.05, 0) is 23.6 Å². The SMILES string of the molecule is c1nc(Nc2ccc(-c3ccon3)cc2)c2ccsc2n1. The Morgan fingerprint density at radius 2 is 1.90 bits per heavy atom. The van der Waals surface area contributed by atoms with E-state index in [0.717, 1.165) is 33.0 Å². The van der Waals surface area contributed by atoms with E-state index in [1.165, 1.54) is 0 Å². The molecule has 0 saturated heterocycles. The fraction of sp³-hybridized carbons (Fsp3) is 0. The van der Waals surface area contributed by atoms with Crippen molar-refractivity contribution in [2.75, 3.05) is 5.32 Å². The fourth-order valence-electron chi connectivity index (χ4n) is 2.11. The molecule has 102 valence electrons. The molecule has 3 aromatic heterocycles. The van der Waals surface area contributed by atoms with E-state index in [-0.39, 0.29) is 0 Å². The molecule has 5 nitrogen and oxygen atoms in total. The van der Waals surface area contributed by atoms with Gasteiger partial charge in [-0.25, -0.2) is 9.97 Å². The minimum atomic E-state index is 0.815. The third-order valence-electron chi connectivity index (χ3n) is 3.14. The maximum atomic E-state index is 4.85. The van der Waals surface area contributed by atoms with E-state index in [9.17, 15) is 0 Å². The fourth-order valence-corrected chi connectivity index (χ4v) is 2.84. The molecule has 1 N–H and O–H groups in total. The zero-order valence-corrected chi connectivity index (χ0v) is 11.7. The molecular formula is C15H10N4OS. The second kappa shape index (κ2) is 4.99. The average Bonchev–Trinajstić information content (AvgIpc) is 3.20. The number of nitrogens with zero attached hydrogens (tertiary/aromatic N) is 3. The van der Waals surface area contributed by atoms with Gasteiger partial charge in [0, 0.05) is 17.3 Å². The summed E-state index contributed by atoms with van der Waals surface area (Å²) in [6.45, 7) is 0. The molecule has 4 aromatic rings. The summed E-state index contributed by atoms with van der Waals surface area (Å²) < 4.78 is 4.85. The van der Waals surface area contributed by atoms with Crippen molar-refractivity contribution in [1.82, 2.24) is 15.1 Å². The van der Waals surface area contributed by atoms with Crippen LogP contribution >= 0.6 is 11.3 Å². The summed E-state index contributed by atoms with van der Waals surface area (Å²) in [5.41, 5.74) is 2.80. The van der Waals surface area contributed by atoms with Crippen LogP contribution in [0.1, 0.15) is 0 Å². The number of rotatable bonds is 3. The highest BCUT2D eigenvalue weighted by Crippen LogP contribution is 2.27. The van der Waals surface area contributed by atoms with Gasteiger partial charge in [0.2, 0.25) is 0 Å². The second-order valence-corrected chi connectivity index (χ2v) is 5.34. The number of anilines is 2. The normalized spacial score (nSPS) is 10.9. The zero-order chi connectivity index (χ0) is 14.1. The highest BCUT2D eigenvalue weighted by Gasteiger charge is 2.06. The molecule has 0 saturated carbocycles. The molecule has 4 rings (SSSR count). The molecule has 0 atom stereocenters. The van der Waals surface area contributed by atoms with Gasteiger partial charge in [0.25, 0.3) is 0 Å². The molecule has 0 unspecified atom stereocenters. The van der Waals surface area contributed by atoms with Gasteiger partial charge in [0.15, 0.2) is 0 Å². The zero-order valence-electron chi connectivity index (χ0n) is 10.9. The van der Waals surface area contributed by atoms with Crippen molar-refractivity contribution in [3.63, 3.8) is 0 Å². The summed E-state index contributed by atoms with van der Waals surface area (Å²) in [6, 6.07) is 11.8. The van der Waals surface area contributed by atoms with Crippen molar-refractivity contribution in [3.05, 3.63) is 54.4 Å². The summed E-state index contributed by atoms with van der Waals surface area (Å²) in [5, 5.41) is 10.3. The van der Waals surface area contributed by atoms with E-state index in [1.807, 2.05) is 41.8 Å². The Kier molecular flexibility index (Phi) is 2.86. The van der Waals surface area contributed by atoms with E-state index in [2.05, 4.69) is 20.4 Å². The predicted molar refractivity (Wildman–Crippen MR) is 82.6 cm³/mol. The Morgan fingerprint density at radius 3 is 2.71 bits per heavy atom. The maximum Gasteiger partial charge on any atom is 0.142 e. The average molecular weight is 294 g/mol. The first-order valence-corrected chi connectivity index (χ1v) is 7.24. The largest absolute Gasteiger partial charge is 0.364 e. The third-order valence-corrected chi connectivity index (χ3v) is 3.96. The van der Waals surface area contributed by atoms with Crippen LogP contribution in [0.25, 0.3) is 21.5 Å². The van der Waals surface area contributed by atoms with Crippen LogP contribution in [-0.2, 0) is 0 Å². The highest BCUT2D eigenvalue weighted by atomic mass is 32.1. The molecule has 6 heteroatoms. The molecule has 0 aliphatic heterocycles. The van der Waals surface area contributed by atoms with Crippen LogP contribution in [0.15, 0.2) is 58.9 Å². The van der Waals surface area contributed by atoms with E-state index in [0.29, 0.717) is 0 Å². The van der Waals surface area contributed by atoms with Crippen molar-refractivity contribution in [3.8, 4) is 11.3 Å². The molecule has 0 aliphatic rings. The van der Waals surface area contributed by atoms with Crippen molar-refractivity contribution in [1.29, 1.82) is 0 Å². The highest BCUT2D eigenvalue weighted by molar-refractivity contribution is 7.16. The van der Waals surface area contributed by atoms with E-state index >= 15 is 0 Å². The van der Waals surface area contributed by atoms with Crippen LogP contribution in [-0.4, -0.2) is 15.1 Å². The Bertz CT molecular complexity index is 868. The number of benzene rings is 1. The molecule has 1 aromatic carbocycles. The Morgan fingerprint density at radius 1 is 1.00 bits per heavy atom. The summed E-state index contributed by atoms with van der Waals surface area (Å²) in [5.74, 6) is 0.815. The van der Waals surface area contributed by atoms with Crippen molar-refractivity contribution in [2.45, 2.75) is 0 Å². The minimum absolute atomic E-state index is 0.815. The first-order valence-electron chi connectivity index (χ1n) is 6.36. The molecule has 0 amide bonds. The van der Waals surface area contributed by atoms with Gasteiger partial charge in [0.05, 0.1) is 5.39 Å². The van der Waals surface area contributed by atoms with Crippen LogP contribution < -0.4 is 5.32 Å². The smallest absolute Gasteiger partial charge is 0.142 e. The molecule has 21 heavy (non-hydrogen) atoms. The van der Waals surface area contributed by atoms with Gasteiger partial charge in [-0.1, -0.05) is 17.3 Å². The molecule has 0 bridgehead atoms. The van der Waals surface area contributed by atoms with Crippen molar-refractivity contribution >= 4 is 33.1 Å². The molecule has 0 spiro atoms. The first kappa shape index (κ1) is 12.0. The summed E-state index contributed by atoms with van der Waals surface area (Å²) >= 11 is 1.60. The number of aromatic nitrogens is 3. The number of thiophene rings is 1. The lowest BCUT2D eigenvalue weighted by atomic mass is 10.1. The van der Waals surface area contributed by atoms with Crippen LogP contribution in [0.5, 0.6) is 0 Å². The Labute approximate surface area is 124 Å². The molecule has 0 aliphatic carbocycles. The summed E-state index contributed by atoms with van der Waals surface area (Å²) in [7, 11) is 0. The summed E-state index contributed by atoms with van der Waals surface area (Å²) in [6.07, 6.45) is 3.14. The molecule has 0 fully saturated rings. The quantitative estimate of drug-likeness (QED) is 0.616. The van der Waals surface area contributed by atoms with E-state index in [4.69, 9.17) is 4.52 Å². The van der Waals surface area contributed by atoms with Gasteiger partial charge >= 0.3 is 0 Å². The van der Waals surface area contributed by atoms with Gasteiger partial charge in [-0.2, -0.15) is 0 Å². The van der Waals surface area contributed by atoms with Crippen LogP contribution in [0.2, 0.25) is 0 Å². The summed E-state index contributed by atoms with van der Waals surface area (Å²) in [4.78, 5) is 9.52. The maximum absolute atomic E-state index is 4.85. The molecular weight excluding hydrogens is 284 g/mol. The van der Waals surface area contributed by atoms with Gasteiger partial charge in [-0.15, -0.1) is 11.3 Å². The van der Waals surface area contributed by atoms with Crippen LogP contribution in [0.4, 0.5) is 11.5 Å². The lowest BCUT2D eigenvalue weighted by molar-refractivity contribution is 0.422. The second-order valence-electron chi connectivity index (χ2n) is 4.45. The Balaban J connectivity index is 1.64. The van der Waals surface area contributed by atoms with Gasteiger partial charge < -0.3 is 9.84 Å². The number of hydrogen-bond acceptors (Lipinski definition) is 6. The lowest BCUT2D eigenvalue weighted by Gasteiger charge is -2.06. The number of hydrogen-bond donors (Lipinski definition) is 1. The van der Waals surface area contributed by atoms with Crippen LogP contribution in [0, 0.1) is 0 Å². The number of fused-ring (bicyclic) bond motifs is 1. The number of nitrogens with one attached hydrogen (secondary N) is 1. The van der Waals surface area contributed by atoms with Crippen molar-refractivity contribution in [2.24, 2.45) is 0 Å². The third kappa shape index (κ3) is 2.25. The predicted octanol–water partition coefficient (Wildman–Crippen LogP) is 4.09. The lowest BCUT2D eigenvalue weighted by Crippen LogP contribution is -1.94. The van der Waals surface area contributed by atoms with Crippen LogP contribution in [0.3, 0.4) is 0 Å². The van der Waals surface area contributed by atoms with Gasteiger partial charge in [-0.3, -0.25) is 0 Å². The monoisotopic (exact) mass is 294 g/mol. The van der Waals surface area contributed by atoms with E-state index in [1.54, 1.807) is 23.9 Å². The Hall–Kier alpha value is -2.73. The van der Waals surface area contributed by atoms with Crippen molar-refractivity contribution < 1.29 is 4.52 Å². The van der Waals surface area contributed by atoms with Gasteiger partial charge in [0.1, 0.15) is 28.9 Å². The molecule has 3 heterocycles.